The third-order valence-corrected chi connectivity index (χ3v) is 4.49. The van der Waals surface area contributed by atoms with Gasteiger partial charge >= 0.3 is 0 Å². The Morgan fingerprint density at radius 1 is 1.23 bits per heavy atom. The first-order valence-electron chi connectivity index (χ1n) is 8.31. The minimum Gasteiger partial charge on any atom is -0.508 e. The summed E-state index contributed by atoms with van der Waals surface area (Å²) < 4.78 is 32.3. The number of phenols is 1. The van der Waals surface area contributed by atoms with Gasteiger partial charge < -0.3 is 20.5 Å². The molecular formula is C19H20F2N2O3. The van der Waals surface area contributed by atoms with Gasteiger partial charge in [0.15, 0.2) is 0 Å². The van der Waals surface area contributed by atoms with Gasteiger partial charge in [0, 0.05) is 30.6 Å². The zero-order chi connectivity index (χ0) is 18.7. The Hall–Kier alpha value is -2.67. The van der Waals surface area contributed by atoms with Gasteiger partial charge in [-0.2, -0.15) is 0 Å². The third kappa shape index (κ3) is 4.11. The van der Waals surface area contributed by atoms with Crippen LogP contribution in [0.3, 0.4) is 0 Å². The van der Waals surface area contributed by atoms with Crippen LogP contribution in [0, 0.1) is 11.6 Å². The lowest BCUT2D eigenvalue weighted by Gasteiger charge is -2.33. The lowest BCUT2D eigenvalue weighted by molar-refractivity contribution is -0.123. The Kier molecular flexibility index (Phi) is 5.37. The highest BCUT2D eigenvalue weighted by Gasteiger charge is 2.30. The molecule has 0 radical (unpaired) electrons. The number of aromatic hydroxyl groups is 1. The molecule has 2 aromatic carbocycles. The minimum atomic E-state index is -0.691. The molecule has 3 N–H and O–H groups in total. The molecule has 0 spiro atoms. The van der Waals surface area contributed by atoms with Gasteiger partial charge in [0.05, 0.1) is 13.2 Å². The summed E-state index contributed by atoms with van der Waals surface area (Å²) in [6, 6.07) is 7.34. The average Bonchev–Trinajstić information content (AvgIpc) is 2.61. The second-order valence-electron chi connectivity index (χ2n) is 6.27. The number of hydrogen-bond donors (Lipinski definition) is 3. The monoisotopic (exact) mass is 362 g/mol. The molecule has 138 valence electrons. The first kappa shape index (κ1) is 18.1. The van der Waals surface area contributed by atoms with E-state index in [4.69, 9.17) is 4.74 Å². The molecule has 1 aliphatic rings. The Labute approximate surface area is 150 Å². The number of nitrogens with one attached hydrogen (secondary N) is 2. The summed E-state index contributed by atoms with van der Waals surface area (Å²) >= 11 is 0. The Morgan fingerprint density at radius 2 is 1.96 bits per heavy atom. The summed E-state index contributed by atoms with van der Waals surface area (Å²) in [5.41, 5.74) is 0.994. The van der Waals surface area contributed by atoms with Gasteiger partial charge in [0.1, 0.15) is 23.1 Å². The van der Waals surface area contributed by atoms with E-state index in [2.05, 4.69) is 10.6 Å². The van der Waals surface area contributed by atoms with Crippen molar-refractivity contribution < 1.29 is 23.4 Å². The summed E-state index contributed by atoms with van der Waals surface area (Å²) in [6.07, 6.45) is 0.829. The normalized spacial score (nSPS) is 19.9. The molecule has 7 heteroatoms. The van der Waals surface area contributed by atoms with Crippen LogP contribution in [0.2, 0.25) is 0 Å². The van der Waals surface area contributed by atoms with Crippen molar-refractivity contribution in [1.29, 1.82) is 0 Å². The fraction of sp³-hybridized carbons (Fsp3) is 0.316. The maximum Gasteiger partial charge on any atom is 0.220 e. The number of hydrogen-bond acceptors (Lipinski definition) is 4. The number of methoxy groups -OCH3 is 1. The Bertz CT molecular complexity index is 793. The second-order valence-corrected chi connectivity index (χ2v) is 6.27. The molecule has 0 aliphatic carbocycles. The highest BCUT2D eigenvalue weighted by Crippen LogP contribution is 2.27. The lowest BCUT2D eigenvalue weighted by Crippen LogP contribution is -2.48. The largest absolute Gasteiger partial charge is 0.508 e. The van der Waals surface area contributed by atoms with Crippen LogP contribution < -0.4 is 15.4 Å². The zero-order valence-electron chi connectivity index (χ0n) is 14.3. The fourth-order valence-corrected chi connectivity index (χ4v) is 3.16. The van der Waals surface area contributed by atoms with Crippen molar-refractivity contribution in [2.24, 2.45) is 0 Å². The molecule has 26 heavy (non-hydrogen) atoms. The topological polar surface area (TPSA) is 70.6 Å². The Morgan fingerprint density at radius 3 is 2.65 bits per heavy atom. The highest BCUT2D eigenvalue weighted by atomic mass is 19.1. The maximum atomic E-state index is 13.6. The van der Waals surface area contributed by atoms with Crippen molar-refractivity contribution in [2.75, 3.05) is 7.11 Å². The molecule has 1 saturated heterocycles. The number of ether oxygens (including phenoxy) is 1. The molecule has 1 heterocycles. The van der Waals surface area contributed by atoms with Crippen LogP contribution in [0.1, 0.15) is 30.0 Å². The molecule has 0 aromatic heterocycles. The van der Waals surface area contributed by atoms with Crippen LogP contribution in [-0.4, -0.2) is 24.2 Å². The molecular weight excluding hydrogens is 342 g/mol. The first-order chi connectivity index (χ1) is 12.5. The number of phenolic OH excluding ortho intramolecular Hbond substituents is 1. The van der Waals surface area contributed by atoms with Gasteiger partial charge in [-0.25, -0.2) is 8.78 Å². The van der Waals surface area contributed by atoms with E-state index in [0.29, 0.717) is 36.3 Å². The van der Waals surface area contributed by atoms with Gasteiger partial charge in [-0.3, -0.25) is 4.79 Å². The summed E-state index contributed by atoms with van der Waals surface area (Å²) in [7, 11) is 1.54. The van der Waals surface area contributed by atoms with Crippen molar-refractivity contribution >= 4 is 5.91 Å². The van der Waals surface area contributed by atoms with Crippen LogP contribution in [0.4, 0.5) is 8.78 Å². The molecule has 1 aliphatic heterocycles. The van der Waals surface area contributed by atoms with Crippen molar-refractivity contribution in [1.82, 2.24) is 10.6 Å². The van der Waals surface area contributed by atoms with Crippen molar-refractivity contribution in [3.8, 4) is 11.5 Å². The zero-order valence-corrected chi connectivity index (χ0v) is 14.3. The second kappa shape index (κ2) is 7.70. The van der Waals surface area contributed by atoms with Gasteiger partial charge in [-0.1, -0.05) is 0 Å². The number of benzene rings is 2. The molecule has 0 unspecified atom stereocenters. The van der Waals surface area contributed by atoms with Gasteiger partial charge in [0.25, 0.3) is 0 Å². The molecule has 1 amide bonds. The van der Waals surface area contributed by atoms with E-state index < -0.39 is 17.7 Å². The van der Waals surface area contributed by atoms with Gasteiger partial charge in [-0.05, 0) is 42.3 Å². The fourth-order valence-electron chi connectivity index (χ4n) is 3.16. The predicted octanol–water partition coefficient (Wildman–Crippen LogP) is 2.79. The number of carbonyl (C=O) groups is 1. The van der Waals surface area contributed by atoms with E-state index in [0.717, 1.165) is 6.07 Å². The van der Waals surface area contributed by atoms with E-state index in [1.54, 1.807) is 12.1 Å². The van der Waals surface area contributed by atoms with E-state index in [-0.39, 0.29) is 17.7 Å². The van der Waals surface area contributed by atoms with Gasteiger partial charge in [-0.15, -0.1) is 0 Å². The van der Waals surface area contributed by atoms with E-state index in [1.807, 2.05) is 0 Å². The molecule has 3 rings (SSSR count). The molecule has 1 fully saturated rings. The van der Waals surface area contributed by atoms with E-state index >= 15 is 0 Å². The summed E-state index contributed by atoms with van der Waals surface area (Å²) in [5.74, 6) is -0.818. The average molecular weight is 362 g/mol. The first-order valence-corrected chi connectivity index (χ1v) is 8.31. The number of amides is 1. The molecule has 2 aromatic rings. The van der Waals surface area contributed by atoms with Crippen LogP contribution >= 0.6 is 0 Å². The van der Waals surface area contributed by atoms with E-state index in [9.17, 15) is 18.7 Å². The molecule has 2 atom stereocenters. The molecule has 0 bridgehead atoms. The van der Waals surface area contributed by atoms with Crippen LogP contribution in [0.15, 0.2) is 36.4 Å². The maximum absolute atomic E-state index is 13.6. The lowest BCUT2D eigenvalue weighted by atomic mass is 9.91. The minimum absolute atomic E-state index is 0.117. The number of carbonyl (C=O) groups excluding carboxylic acids is 1. The summed E-state index contributed by atoms with van der Waals surface area (Å²) in [5, 5.41) is 16.0. The highest BCUT2D eigenvalue weighted by molar-refractivity contribution is 5.77. The third-order valence-electron chi connectivity index (χ3n) is 4.49. The van der Waals surface area contributed by atoms with Crippen LogP contribution in [-0.2, 0) is 11.3 Å². The van der Waals surface area contributed by atoms with Gasteiger partial charge in [0.2, 0.25) is 5.91 Å². The smallest absolute Gasteiger partial charge is 0.220 e. The molecule has 0 saturated carbocycles. The Balaban J connectivity index is 1.79. The number of piperidine rings is 1. The predicted molar refractivity (Wildman–Crippen MR) is 91.8 cm³/mol. The number of rotatable bonds is 5. The van der Waals surface area contributed by atoms with Crippen molar-refractivity contribution in [3.05, 3.63) is 59.2 Å². The molecule has 5 nitrogen and oxygen atoms in total. The summed E-state index contributed by atoms with van der Waals surface area (Å²) in [4.78, 5) is 11.8. The number of halogens is 2. The van der Waals surface area contributed by atoms with Crippen LogP contribution in [0.5, 0.6) is 11.5 Å². The van der Waals surface area contributed by atoms with Crippen LogP contribution in [0.25, 0.3) is 0 Å². The quantitative estimate of drug-likeness (QED) is 0.765. The SMILES string of the molecule is COc1ccc(O)c(CN[C@@H]2CCC(=O)N[C@H]2c2cc(F)cc(F)c2)c1. The standard InChI is InChI=1S/C19H20F2N2O3/c1-26-15-2-4-17(24)12(8-15)10-22-16-3-5-18(25)23-19(16)11-6-13(20)9-14(21)7-11/h2,4,6-9,16,19,22,24H,3,5,10H2,1H3,(H,23,25)/t16-,19+/m1/s1. The van der Waals surface area contributed by atoms with Crippen molar-refractivity contribution in [3.63, 3.8) is 0 Å². The van der Waals surface area contributed by atoms with Crippen molar-refractivity contribution in [2.45, 2.75) is 31.5 Å². The summed E-state index contributed by atoms with van der Waals surface area (Å²) in [6.45, 7) is 0.317. The van der Waals surface area contributed by atoms with E-state index in [1.165, 1.54) is 25.3 Å².